The fraction of sp³-hybridized carbons (Fsp3) is 0.722. The summed E-state index contributed by atoms with van der Waals surface area (Å²) in [6, 6.07) is -0.834. The van der Waals surface area contributed by atoms with Crippen molar-refractivity contribution in [3.63, 3.8) is 0 Å². The molecule has 1 fully saturated rings. The third-order valence-electron chi connectivity index (χ3n) is 4.30. The molecule has 8 nitrogen and oxygen atoms in total. The van der Waals surface area contributed by atoms with Gasteiger partial charge in [-0.3, -0.25) is 4.90 Å². The van der Waals surface area contributed by atoms with Crippen molar-refractivity contribution in [3.05, 3.63) is 11.3 Å². The van der Waals surface area contributed by atoms with Crippen LogP contribution in [0.15, 0.2) is 11.3 Å². The second-order valence-electron chi connectivity index (χ2n) is 7.50. The van der Waals surface area contributed by atoms with Crippen LogP contribution < -0.4 is 0 Å². The summed E-state index contributed by atoms with van der Waals surface area (Å²) in [7, 11) is 0. The molecule has 0 aromatic carbocycles. The van der Waals surface area contributed by atoms with Crippen LogP contribution in [0.2, 0.25) is 0 Å². The van der Waals surface area contributed by atoms with Crippen LogP contribution >= 0.6 is 0 Å². The predicted molar refractivity (Wildman–Crippen MR) is 91.3 cm³/mol. The molecule has 2 bridgehead atoms. The number of aliphatic hydroxyl groups is 1. The van der Waals surface area contributed by atoms with Gasteiger partial charge in [0, 0.05) is 12.5 Å². The summed E-state index contributed by atoms with van der Waals surface area (Å²) in [5, 5.41) is 10.3. The van der Waals surface area contributed by atoms with Gasteiger partial charge in [-0.2, -0.15) is 0 Å². The summed E-state index contributed by atoms with van der Waals surface area (Å²) >= 11 is 0. The first-order valence-corrected chi connectivity index (χ1v) is 8.86. The van der Waals surface area contributed by atoms with Gasteiger partial charge in [0.1, 0.15) is 11.4 Å². The van der Waals surface area contributed by atoms with E-state index >= 15 is 0 Å². The van der Waals surface area contributed by atoms with E-state index in [9.17, 15) is 19.5 Å². The Kier molecular flexibility index (Phi) is 5.83. The minimum Gasteiger partial charge on any atom is -0.512 e. The van der Waals surface area contributed by atoms with Gasteiger partial charge in [-0.1, -0.05) is 0 Å². The number of aliphatic hydroxyl groups excluding tert-OH is 1. The summed E-state index contributed by atoms with van der Waals surface area (Å²) < 4.78 is 15.4. The van der Waals surface area contributed by atoms with Gasteiger partial charge in [0.25, 0.3) is 0 Å². The number of carbonyl (C=O) groups is 3. The SMILES string of the molecule is CCOC(=O)[C@H](C)OC(=O)C1=C(O)C[C@@H]2CC[C@H]1N2C(=O)OC(C)(C)C. The Balaban J connectivity index is 2.16. The van der Waals surface area contributed by atoms with Crippen LogP contribution in [0.25, 0.3) is 0 Å². The minimum atomic E-state index is -1.10. The number of esters is 2. The molecule has 0 aromatic rings. The van der Waals surface area contributed by atoms with E-state index in [1.807, 2.05) is 0 Å². The normalized spacial score (nSPS) is 23.5. The summed E-state index contributed by atoms with van der Waals surface area (Å²) in [5.41, 5.74) is -0.653. The van der Waals surface area contributed by atoms with E-state index in [0.29, 0.717) is 12.8 Å². The highest BCUT2D eigenvalue weighted by atomic mass is 16.6. The zero-order valence-electron chi connectivity index (χ0n) is 15.9. The molecule has 0 spiro atoms. The molecule has 146 valence electrons. The highest BCUT2D eigenvalue weighted by molar-refractivity contribution is 5.93. The molecule has 3 atom stereocenters. The van der Waals surface area contributed by atoms with E-state index in [2.05, 4.69) is 0 Å². The maximum Gasteiger partial charge on any atom is 0.411 e. The van der Waals surface area contributed by atoms with Crippen LogP contribution in [0.1, 0.15) is 53.9 Å². The van der Waals surface area contributed by atoms with Gasteiger partial charge in [-0.05, 0) is 47.5 Å². The Labute approximate surface area is 153 Å². The first kappa shape index (κ1) is 20.1. The lowest BCUT2D eigenvalue weighted by molar-refractivity contribution is -0.164. The molecule has 2 aliphatic rings. The molecule has 0 radical (unpaired) electrons. The number of rotatable bonds is 4. The molecule has 0 aromatic heterocycles. The molecule has 1 amide bonds. The maximum absolute atomic E-state index is 12.5. The van der Waals surface area contributed by atoms with Crippen molar-refractivity contribution in [2.24, 2.45) is 0 Å². The average molecular weight is 369 g/mol. The average Bonchev–Trinajstić information content (AvgIpc) is 2.81. The summed E-state index contributed by atoms with van der Waals surface area (Å²) in [6.45, 7) is 8.52. The fourth-order valence-electron chi connectivity index (χ4n) is 3.27. The molecular weight excluding hydrogens is 342 g/mol. The van der Waals surface area contributed by atoms with Crippen molar-refractivity contribution in [2.45, 2.75) is 77.7 Å². The van der Waals surface area contributed by atoms with Gasteiger partial charge in [0.15, 0.2) is 6.10 Å². The van der Waals surface area contributed by atoms with Crippen LogP contribution in [0.4, 0.5) is 4.79 Å². The van der Waals surface area contributed by atoms with Crippen LogP contribution in [-0.2, 0) is 23.8 Å². The largest absolute Gasteiger partial charge is 0.512 e. The smallest absolute Gasteiger partial charge is 0.411 e. The highest BCUT2D eigenvalue weighted by Crippen LogP contribution is 2.40. The van der Waals surface area contributed by atoms with Gasteiger partial charge >= 0.3 is 18.0 Å². The molecular formula is C18H27NO7. The van der Waals surface area contributed by atoms with E-state index < -0.39 is 35.8 Å². The van der Waals surface area contributed by atoms with Gasteiger partial charge in [-0.25, -0.2) is 14.4 Å². The number of ether oxygens (including phenoxy) is 3. The summed E-state index contributed by atoms with van der Waals surface area (Å²) in [5.74, 6) is -1.58. The summed E-state index contributed by atoms with van der Waals surface area (Å²) in [6.07, 6.45) is -0.295. The quantitative estimate of drug-likeness (QED) is 0.600. The molecule has 8 heteroatoms. The third-order valence-corrected chi connectivity index (χ3v) is 4.30. The standard InChI is InChI=1S/C18H27NO7/c1-6-24-15(21)10(2)25-16(22)14-12-8-7-11(9-13(14)20)19(12)17(23)26-18(3,4)5/h10-12,20H,6-9H2,1-5H3/t10-,11-,12+/m0/s1. The van der Waals surface area contributed by atoms with Crippen molar-refractivity contribution in [3.8, 4) is 0 Å². The molecule has 0 saturated carbocycles. The van der Waals surface area contributed by atoms with Crippen LogP contribution in [0.5, 0.6) is 0 Å². The van der Waals surface area contributed by atoms with Crippen molar-refractivity contribution < 1.29 is 33.7 Å². The van der Waals surface area contributed by atoms with Crippen molar-refractivity contribution in [2.75, 3.05) is 6.61 Å². The van der Waals surface area contributed by atoms with E-state index in [0.717, 1.165) is 0 Å². The van der Waals surface area contributed by atoms with Gasteiger partial charge in [0.2, 0.25) is 0 Å². The molecule has 0 aliphatic carbocycles. The van der Waals surface area contributed by atoms with Crippen LogP contribution in [0, 0.1) is 0 Å². The molecule has 1 saturated heterocycles. The Morgan fingerprint density at radius 2 is 1.92 bits per heavy atom. The first-order chi connectivity index (χ1) is 12.0. The van der Waals surface area contributed by atoms with Crippen molar-refractivity contribution in [1.29, 1.82) is 0 Å². The number of hydrogen-bond acceptors (Lipinski definition) is 7. The number of amides is 1. The Hall–Kier alpha value is -2.25. The van der Waals surface area contributed by atoms with E-state index in [1.54, 1.807) is 27.7 Å². The lowest BCUT2D eigenvalue weighted by Crippen LogP contribution is -2.49. The van der Waals surface area contributed by atoms with Gasteiger partial charge < -0.3 is 19.3 Å². The summed E-state index contributed by atoms with van der Waals surface area (Å²) in [4.78, 5) is 38.2. The molecule has 0 unspecified atom stereocenters. The van der Waals surface area contributed by atoms with Gasteiger partial charge in [-0.15, -0.1) is 0 Å². The highest BCUT2D eigenvalue weighted by Gasteiger charge is 2.48. The number of fused-ring (bicyclic) bond motifs is 2. The number of nitrogens with zero attached hydrogens (tertiary/aromatic N) is 1. The lowest BCUT2D eigenvalue weighted by Gasteiger charge is -2.36. The van der Waals surface area contributed by atoms with Gasteiger partial charge in [0.05, 0.1) is 18.2 Å². The third kappa shape index (κ3) is 4.28. The Bertz CT molecular complexity index is 620. The fourth-order valence-corrected chi connectivity index (χ4v) is 3.27. The second-order valence-corrected chi connectivity index (χ2v) is 7.50. The minimum absolute atomic E-state index is 0.0146. The zero-order valence-corrected chi connectivity index (χ0v) is 15.9. The Morgan fingerprint density at radius 1 is 1.27 bits per heavy atom. The number of hydrogen-bond donors (Lipinski definition) is 1. The molecule has 2 rings (SSSR count). The molecule has 2 aliphatic heterocycles. The van der Waals surface area contributed by atoms with E-state index in [-0.39, 0.29) is 30.4 Å². The Morgan fingerprint density at radius 3 is 2.50 bits per heavy atom. The lowest BCUT2D eigenvalue weighted by atomic mass is 10.00. The molecule has 2 heterocycles. The van der Waals surface area contributed by atoms with E-state index in [1.165, 1.54) is 11.8 Å². The first-order valence-electron chi connectivity index (χ1n) is 8.86. The maximum atomic E-state index is 12.5. The zero-order chi connectivity index (χ0) is 19.6. The number of carbonyl (C=O) groups excluding carboxylic acids is 3. The van der Waals surface area contributed by atoms with Crippen molar-refractivity contribution in [1.82, 2.24) is 4.90 Å². The predicted octanol–water partition coefficient (Wildman–Crippen LogP) is 2.47. The van der Waals surface area contributed by atoms with Crippen LogP contribution in [-0.4, -0.2) is 58.4 Å². The molecule has 1 N–H and O–H groups in total. The molecule has 26 heavy (non-hydrogen) atoms. The second kappa shape index (κ2) is 7.55. The topological polar surface area (TPSA) is 102 Å². The van der Waals surface area contributed by atoms with Crippen LogP contribution in [0.3, 0.4) is 0 Å². The van der Waals surface area contributed by atoms with E-state index in [4.69, 9.17) is 14.2 Å². The monoisotopic (exact) mass is 369 g/mol. The van der Waals surface area contributed by atoms with Crippen molar-refractivity contribution >= 4 is 18.0 Å².